The van der Waals surface area contributed by atoms with Gasteiger partial charge in [-0.2, -0.15) is 5.01 Å². The summed E-state index contributed by atoms with van der Waals surface area (Å²) in [6.45, 7) is 0. The van der Waals surface area contributed by atoms with Gasteiger partial charge in [0.1, 0.15) is 11.3 Å². The zero-order valence-corrected chi connectivity index (χ0v) is 33.2. The minimum atomic E-state index is -1.69. The minimum absolute atomic E-state index is 0.0106. The molecule has 6 aromatic rings. The molecule has 0 radical (unpaired) electrons. The van der Waals surface area contributed by atoms with Crippen molar-refractivity contribution in [1.29, 1.82) is 0 Å². The van der Waals surface area contributed by atoms with E-state index in [1.54, 1.807) is 60.7 Å². The second kappa shape index (κ2) is 14.1. The number of hydrogen-bond donors (Lipinski definition) is 2. The number of benzene rings is 5. The number of hydrazine groups is 1. The predicted molar refractivity (Wildman–Crippen MR) is 221 cm³/mol. The van der Waals surface area contributed by atoms with E-state index in [2.05, 4.69) is 10.4 Å². The zero-order valence-electron chi connectivity index (χ0n) is 31.6. The summed E-state index contributed by atoms with van der Waals surface area (Å²) in [4.78, 5) is 65.3. The molecular formula is C46H33Cl2FN4O7. The Bertz CT molecular complexity index is 2800. The van der Waals surface area contributed by atoms with Gasteiger partial charge < -0.3 is 14.3 Å². The number of oxazole rings is 1. The van der Waals surface area contributed by atoms with Gasteiger partial charge in [-0.3, -0.25) is 29.5 Å². The standard InChI is InChI=1S/C46H33Cl2FN4O7/c1-59-28-14-9-25(10-15-28)46-32(43(56)53(45(46)58)51-35-18-11-26(47)21-33(35)48)22-31-29(40(46)24-8-19-37(54)34(49)20-24)16-17-30-39(31)44(57)52(42(30)55)27-12-6-23(7-13-27)41-50-36-4-2-3-5-38(36)60-41/h2-16,18-21,30-32,39-40,51,54H,17,22H2,1H3/t30-,31+,32-,39-,40-,46+/m0/s1. The van der Waals surface area contributed by atoms with Crippen molar-refractivity contribution in [2.45, 2.75) is 24.2 Å². The van der Waals surface area contributed by atoms with Crippen molar-refractivity contribution in [1.82, 2.24) is 9.99 Å². The molecule has 2 aliphatic carbocycles. The third-order valence-electron chi connectivity index (χ3n) is 12.6. The number of nitrogens with one attached hydrogen (secondary N) is 1. The molecule has 0 unspecified atom stereocenters. The SMILES string of the molecule is COc1ccc([C@@]23C(=O)N(Nc4ccc(Cl)cc4Cl)C(=O)[C@@H]2C[C@@H]2C(=CC[C@@H]4C(=O)N(c5ccc(-c6nc7ccccc7o6)cc5)C(=O)[C@@H]42)[C@@H]3c2ccc(O)c(F)c2)cc1. The third-order valence-corrected chi connectivity index (χ3v) is 13.1. The molecule has 3 fully saturated rings. The summed E-state index contributed by atoms with van der Waals surface area (Å²) in [7, 11) is 1.51. The number of ether oxygens (including phenoxy) is 1. The van der Waals surface area contributed by atoms with Crippen molar-refractivity contribution in [3.8, 4) is 23.0 Å². The first kappa shape index (κ1) is 37.7. The summed E-state index contributed by atoms with van der Waals surface area (Å²) in [5, 5.41) is 11.8. The zero-order chi connectivity index (χ0) is 41.6. The van der Waals surface area contributed by atoms with Crippen molar-refractivity contribution < 1.29 is 37.8 Å². The number of para-hydroxylation sites is 2. The second-order valence-corrected chi connectivity index (χ2v) is 16.3. The molecule has 6 atom stereocenters. The first-order chi connectivity index (χ1) is 29.0. The molecule has 1 saturated carbocycles. The van der Waals surface area contributed by atoms with Crippen LogP contribution in [0.4, 0.5) is 15.8 Å². The fourth-order valence-electron chi connectivity index (χ4n) is 9.92. The number of allylic oxidation sites excluding steroid dienone is 2. The van der Waals surface area contributed by atoms with Crippen LogP contribution >= 0.6 is 23.2 Å². The predicted octanol–water partition coefficient (Wildman–Crippen LogP) is 8.84. The van der Waals surface area contributed by atoms with E-state index in [9.17, 15) is 19.5 Å². The number of imide groups is 2. The highest BCUT2D eigenvalue weighted by molar-refractivity contribution is 6.36. The topological polar surface area (TPSA) is 142 Å². The Hall–Kier alpha value is -6.50. The number of amides is 4. The Morgan fingerprint density at radius 3 is 2.37 bits per heavy atom. The lowest BCUT2D eigenvalue weighted by atomic mass is 9.49. The Labute approximate surface area is 351 Å². The van der Waals surface area contributed by atoms with E-state index in [-0.39, 0.29) is 29.5 Å². The Morgan fingerprint density at radius 2 is 1.65 bits per heavy atom. The van der Waals surface area contributed by atoms with E-state index in [0.717, 1.165) is 11.1 Å². The van der Waals surface area contributed by atoms with Gasteiger partial charge in [0.2, 0.25) is 17.7 Å². The summed E-state index contributed by atoms with van der Waals surface area (Å²) in [6.07, 6.45) is 2.04. The summed E-state index contributed by atoms with van der Waals surface area (Å²) < 4.78 is 26.9. The molecular weight excluding hydrogens is 810 g/mol. The number of nitrogens with zero attached hydrogens (tertiary/aromatic N) is 3. The molecule has 300 valence electrons. The van der Waals surface area contributed by atoms with Crippen molar-refractivity contribution in [3.05, 3.63) is 148 Å². The molecule has 4 aliphatic rings. The van der Waals surface area contributed by atoms with Gasteiger partial charge in [0, 0.05) is 16.5 Å². The lowest BCUT2D eigenvalue weighted by molar-refractivity contribution is -0.138. The molecule has 4 amide bonds. The van der Waals surface area contributed by atoms with E-state index in [0.29, 0.717) is 55.7 Å². The Morgan fingerprint density at radius 1 is 0.883 bits per heavy atom. The summed E-state index contributed by atoms with van der Waals surface area (Å²) in [6, 6.07) is 29.5. The smallest absolute Gasteiger partial charge is 0.260 e. The molecule has 2 saturated heterocycles. The number of carbonyl (C=O) groups is 4. The molecule has 5 aromatic carbocycles. The fourth-order valence-corrected chi connectivity index (χ4v) is 10.4. The van der Waals surface area contributed by atoms with E-state index < -0.39 is 64.3 Å². The van der Waals surface area contributed by atoms with Gasteiger partial charge in [0.15, 0.2) is 17.1 Å². The average molecular weight is 844 g/mol. The fraction of sp³-hybridized carbons (Fsp3) is 0.196. The number of phenols is 1. The first-order valence-electron chi connectivity index (χ1n) is 19.3. The normalized spacial score (nSPS) is 24.7. The maximum atomic E-state index is 15.5. The number of anilines is 2. The number of hydrogen-bond acceptors (Lipinski definition) is 9. The molecule has 11 nitrogen and oxygen atoms in total. The number of aromatic hydroxyl groups is 1. The number of phenolic OH excluding ortho intramolecular Hbond substituents is 1. The summed E-state index contributed by atoms with van der Waals surface area (Å²) >= 11 is 12.7. The van der Waals surface area contributed by atoms with Crippen molar-refractivity contribution in [2.75, 3.05) is 17.4 Å². The monoisotopic (exact) mass is 842 g/mol. The maximum absolute atomic E-state index is 15.5. The second-order valence-electron chi connectivity index (χ2n) is 15.5. The highest BCUT2D eigenvalue weighted by Crippen LogP contribution is 2.64. The minimum Gasteiger partial charge on any atom is -0.505 e. The molecule has 3 heterocycles. The highest BCUT2D eigenvalue weighted by Gasteiger charge is 2.70. The van der Waals surface area contributed by atoms with Crippen LogP contribution in [-0.2, 0) is 24.6 Å². The van der Waals surface area contributed by atoms with E-state index in [4.69, 9.17) is 32.4 Å². The molecule has 10 rings (SSSR count). The van der Waals surface area contributed by atoms with Gasteiger partial charge in [-0.15, -0.1) is 0 Å². The lowest BCUT2D eigenvalue weighted by Gasteiger charge is -2.50. The molecule has 2 N–H and O–H groups in total. The number of methoxy groups -OCH3 is 1. The Kier molecular flexibility index (Phi) is 8.85. The van der Waals surface area contributed by atoms with Crippen LogP contribution in [0.2, 0.25) is 10.0 Å². The molecule has 0 spiro atoms. The van der Waals surface area contributed by atoms with Crippen molar-refractivity contribution >= 4 is 69.3 Å². The van der Waals surface area contributed by atoms with Gasteiger partial charge in [-0.1, -0.05) is 65.2 Å². The van der Waals surface area contributed by atoms with Crippen LogP contribution in [0.25, 0.3) is 22.6 Å². The van der Waals surface area contributed by atoms with E-state index in [1.165, 1.54) is 30.2 Å². The van der Waals surface area contributed by atoms with Gasteiger partial charge in [-0.05, 0) is 109 Å². The van der Waals surface area contributed by atoms with E-state index in [1.807, 2.05) is 30.3 Å². The highest BCUT2D eigenvalue weighted by atomic mass is 35.5. The van der Waals surface area contributed by atoms with Gasteiger partial charge in [0.05, 0.1) is 46.7 Å². The van der Waals surface area contributed by atoms with Crippen LogP contribution in [0, 0.1) is 29.5 Å². The molecule has 1 aromatic heterocycles. The largest absolute Gasteiger partial charge is 0.505 e. The Balaban J connectivity index is 1.09. The van der Waals surface area contributed by atoms with Crippen LogP contribution < -0.4 is 15.1 Å². The van der Waals surface area contributed by atoms with Crippen LogP contribution in [0.1, 0.15) is 29.9 Å². The van der Waals surface area contributed by atoms with Gasteiger partial charge in [-0.25, -0.2) is 9.37 Å². The number of aromatic nitrogens is 1. The van der Waals surface area contributed by atoms with Crippen LogP contribution in [-0.4, -0.2) is 45.8 Å². The molecule has 60 heavy (non-hydrogen) atoms. The van der Waals surface area contributed by atoms with Crippen LogP contribution in [0.5, 0.6) is 11.5 Å². The molecule has 14 heteroatoms. The first-order valence-corrected chi connectivity index (χ1v) is 20.0. The quantitative estimate of drug-likeness (QED) is 0.119. The van der Waals surface area contributed by atoms with Gasteiger partial charge >= 0.3 is 0 Å². The van der Waals surface area contributed by atoms with Crippen molar-refractivity contribution in [2.24, 2.45) is 23.7 Å². The molecule has 0 bridgehead atoms. The number of halogens is 3. The van der Waals surface area contributed by atoms with Crippen LogP contribution in [0.15, 0.2) is 125 Å². The average Bonchev–Trinajstić information content (AvgIpc) is 3.87. The third kappa shape index (κ3) is 5.57. The number of carbonyl (C=O) groups excluding carboxylic acids is 4. The lowest BCUT2D eigenvalue weighted by Crippen LogP contribution is -2.53. The summed E-state index contributed by atoms with van der Waals surface area (Å²) in [5.74, 6) is -7.21. The maximum Gasteiger partial charge on any atom is 0.260 e. The van der Waals surface area contributed by atoms with Crippen LogP contribution in [0.3, 0.4) is 0 Å². The van der Waals surface area contributed by atoms with Gasteiger partial charge in [0.25, 0.3) is 11.8 Å². The molecule has 2 aliphatic heterocycles. The number of fused-ring (bicyclic) bond motifs is 5. The van der Waals surface area contributed by atoms with E-state index >= 15 is 9.18 Å². The number of rotatable bonds is 7. The summed E-state index contributed by atoms with van der Waals surface area (Å²) in [5.41, 5.74) is 5.20. The van der Waals surface area contributed by atoms with Crippen molar-refractivity contribution in [3.63, 3.8) is 0 Å².